The van der Waals surface area contributed by atoms with E-state index in [0.29, 0.717) is 5.56 Å². The summed E-state index contributed by atoms with van der Waals surface area (Å²) in [5, 5.41) is 11.1. The molecule has 0 atom stereocenters. The number of aromatic nitrogens is 1. The van der Waals surface area contributed by atoms with E-state index in [4.69, 9.17) is 0 Å². The third kappa shape index (κ3) is 3.49. The van der Waals surface area contributed by atoms with Crippen LogP contribution in [0, 0.1) is 17.0 Å². The molecule has 0 amide bonds. The SMILES string of the molecule is CC.Cc1cc([N+](=O)[O-])c2ccn(CC(F)(F)F)c2c1. The van der Waals surface area contributed by atoms with Gasteiger partial charge in [0, 0.05) is 12.3 Å². The molecule has 110 valence electrons. The van der Waals surface area contributed by atoms with Crippen LogP contribution in [0.3, 0.4) is 0 Å². The molecule has 0 spiro atoms. The van der Waals surface area contributed by atoms with Gasteiger partial charge in [0.15, 0.2) is 0 Å². The van der Waals surface area contributed by atoms with Gasteiger partial charge >= 0.3 is 6.18 Å². The van der Waals surface area contributed by atoms with Crippen molar-refractivity contribution < 1.29 is 18.1 Å². The molecule has 0 aliphatic carbocycles. The lowest BCUT2D eigenvalue weighted by atomic mass is 10.1. The average Bonchev–Trinajstić information content (AvgIpc) is 2.71. The van der Waals surface area contributed by atoms with Crippen molar-refractivity contribution >= 4 is 16.6 Å². The van der Waals surface area contributed by atoms with Crippen LogP contribution in [0.25, 0.3) is 10.9 Å². The Morgan fingerprint density at radius 3 is 2.40 bits per heavy atom. The van der Waals surface area contributed by atoms with Gasteiger partial charge in [-0.05, 0) is 24.6 Å². The minimum atomic E-state index is -4.36. The van der Waals surface area contributed by atoms with Gasteiger partial charge in [-0.1, -0.05) is 13.8 Å². The highest BCUT2D eigenvalue weighted by molar-refractivity contribution is 5.89. The maximum Gasteiger partial charge on any atom is 0.406 e. The van der Waals surface area contributed by atoms with E-state index in [1.165, 1.54) is 24.4 Å². The second-order valence-electron chi connectivity index (χ2n) is 4.03. The van der Waals surface area contributed by atoms with Gasteiger partial charge < -0.3 is 4.57 Å². The first-order valence-electron chi connectivity index (χ1n) is 6.08. The highest BCUT2D eigenvalue weighted by Crippen LogP contribution is 2.30. The van der Waals surface area contributed by atoms with Gasteiger partial charge in [-0.15, -0.1) is 0 Å². The van der Waals surface area contributed by atoms with Gasteiger partial charge in [-0.2, -0.15) is 13.2 Å². The van der Waals surface area contributed by atoms with Gasteiger partial charge in [0.2, 0.25) is 0 Å². The summed E-state index contributed by atoms with van der Waals surface area (Å²) in [5.41, 5.74) is 0.598. The van der Waals surface area contributed by atoms with Gasteiger partial charge in [-0.25, -0.2) is 0 Å². The first-order valence-corrected chi connectivity index (χ1v) is 6.08. The van der Waals surface area contributed by atoms with Crippen LogP contribution in [0.1, 0.15) is 19.4 Å². The Bertz CT molecular complexity index is 618. The first kappa shape index (κ1) is 16.0. The van der Waals surface area contributed by atoms with Crippen LogP contribution in [0.4, 0.5) is 18.9 Å². The van der Waals surface area contributed by atoms with E-state index < -0.39 is 17.6 Å². The second kappa shape index (κ2) is 5.94. The van der Waals surface area contributed by atoms with Crippen molar-refractivity contribution in [3.63, 3.8) is 0 Å². The number of alkyl halides is 3. The number of rotatable bonds is 2. The molecule has 2 aromatic rings. The molecule has 1 aromatic carbocycles. The van der Waals surface area contributed by atoms with E-state index in [2.05, 4.69) is 0 Å². The summed E-state index contributed by atoms with van der Waals surface area (Å²) in [6, 6.07) is 4.19. The molecule has 0 N–H and O–H groups in total. The molecule has 0 radical (unpaired) electrons. The predicted molar refractivity (Wildman–Crippen MR) is 70.7 cm³/mol. The molecule has 0 unspecified atom stereocenters. The average molecular weight is 288 g/mol. The lowest BCUT2D eigenvalue weighted by Gasteiger charge is -2.09. The highest BCUT2D eigenvalue weighted by Gasteiger charge is 2.29. The van der Waals surface area contributed by atoms with E-state index in [-0.39, 0.29) is 16.6 Å². The quantitative estimate of drug-likeness (QED) is 0.605. The summed E-state index contributed by atoms with van der Waals surface area (Å²) in [6.45, 7) is 4.45. The Hall–Kier alpha value is -2.05. The fraction of sp³-hybridized carbons (Fsp3) is 0.385. The number of nitro benzene ring substituents is 1. The van der Waals surface area contributed by atoms with Crippen LogP contribution in [-0.2, 0) is 6.54 Å². The number of hydrogen-bond donors (Lipinski definition) is 0. The molecule has 1 aromatic heterocycles. The zero-order valence-corrected chi connectivity index (χ0v) is 11.4. The Morgan fingerprint density at radius 2 is 1.90 bits per heavy atom. The van der Waals surface area contributed by atoms with Crippen molar-refractivity contribution in [2.24, 2.45) is 0 Å². The molecule has 0 aliphatic rings. The summed E-state index contributed by atoms with van der Waals surface area (Å²) in [5.74, 6) is 0. The van der Waals surface area contributed by atoms with E-state index >= 15 is 0 Å². The third-order valence-electron chi connectivity index (χ3n) is 2.56. The van der Waals surface area contributed by atoms with Crippen LogP contribution < -0.4 is 0 Å². The number of benzene rings is 1. The minimum absolute atomic E-state index is 0.175. The number of nitro groups is 1. The molecule has 0 saturated carbocycles. The van der Waals surface area contributed by atoms with Crippen molar-refractivity contribution in [1.82, 2.24) is 4.57 Å². The lowest BCUT2D eigenvalue weighted by Crippen LogP contribution is -2.16. The summed E-state index contributed by atoms with van der Waals surface area (Å²) < 4.78 is 38.0. The van der Waals surface area contributed by atoms with Gasteiger partial charge in [0.1, 0.15) is 6.54 Å². The van der Waals surface area contributed by atoms with Crippen LogP contribution >= 0.6 is 0 Å². The second-order valence-corrected chi connectivity index (χ2v) is 4.03. The Morgan fingerprint density at radius 1 is 1.30 bits per heavy atom. The Labute approximate surface area is 114 Å². The molecule has 4 nitrogen and oxygen atoms in total. The summed E-state index contributed by atoms with van der Waals surface area (Å²) in [6.07, 6.45) is -3.14. The lowest BCUT2D eigenvalue weighted by molar-refractivity contribution is -0.383. The molecule has 7 heteroatoms. The zero-order valence-electron chi connectivity index (χ0n) is 11.4. The number of non-ortho nitro benzene ring substituents is 1. The van der Waals surface area contributed by atoms with Gasteiger partial charge in [-0.3, -0.25) is 10.1 Å². The Kier molecular flexibility index (Phi) is 4.75. The van der Waals surface area contributed by atoms with Gasteiger partial charge in [0.25, 0.3) is 5.69 Å². The predicted octanol–water partition coefficient (Wildman–Crippen LogP) is 4.45. The van der Waals surface area contributed by atoms with E-state index in [1.807, 2.05) is 13.8 Å². The molecular weight excluding hydrogens is 273 g/mol. The molecule has 2 rings (SSSR count). The van der Waals surface area contributed by atoms with E-state index in [9.17, 15) is 23.3 Å². The molecule has 20 heavy (non-hydrogen) atoms. The topological polar surface area (TPSA) is 48.1 Å². The highest BCUT2D eigenvalue weighted by atomic mass is 19.4. The molecule has 0 saturated heterocycles. The summed E-state index contributed by atoms with van der Waals surface area (Å²) in [7, 11) is 0. The maximum absolute atomic E-state index is 12.4. The van der Waals surface area contributed by atoms with E-state index in [1.54, 1.807) is 6.92 Å². The number of fused-ring (bicyclic) bond motifs is 1. The smallest absolute Gasteiger partial charge is 0.338 e. The van der Waals surface area contributed by atoms with Gasteiger partial charge in [0.05, 0.1) is 15.8 Å². The Balaban J connectivity index is 0.000000956. The van der Waals surface area contributed by atoms with Crippen LogP contribution in [0.5, 0.6) is 0 Å². The molecular formula is C13H15F3N2O2. The zero-order chi connectivity index (χ0) is 15.5. The van der Waals surface area contributed by atoms with Crippen LogP contribution in [0.15, 0.2) is 24.4 Å². The summed E-state index contributed by atoms with van der Waals surface area (Å²) in [4.78, 5) is 10.2. The number of nitrogens with zero attached hydrogens (tertiary/aromatic N) is 2. The van der Waals surface area contributed by atoms with Crippen molar-refractivity contribution in [1.29, 1.82) is 0 Å². The van der Waals surface area contributed by atoms with Crippen molar-refractivity contribution in [3.05, 3.63) is 40.1 Å². The largest absolute Gasteiger partial charge is 0.406 e. The van der Waals surface area contributed by atoms with Crippen LogP contribution in [-0.4, -0.2) is 15.7 Å². The van der Waals surface area contributed by atoms with Crippen molar-refractivity contribution in [3.8, 4) is 0 Å². The number of halogens is 3. The normalized spacial score (nSPS) is 11.1. The molecule has 0 fully saturated rings. The fourth-order valence-corrected chi connectivity index (χ4v) is 1.89. The van der Waals surface area contributed by atoms with E-state index in [0.717, 1.165) is 4.57 Å². The standard InChI is InChI=1S/C11H9F3N2O2.C2H6/c1-7-4-9-8(10(5-7)16(17)18)2-3-15(9)6-11(12,13)14;1-2/h2-5H,6H2,1H3;1-2H3. The summed E-state index contributed by atoms with van der Waals surface area (Å²) >= 11 is 0. The number of aryl methyl sites for hydroxylation is 1. The van der Waals surface area contributed by atoms with Crippen molar-refractivity contribution in [2.45, 2.75) is 33.5 Å². The molecule has 0 bridgehead atoms. The third-order valence-corrected chi connectivity index (χ3v) is 2.56. The first-order chi connectivity index (χ1) is 9.28. The minimum Gasteiger partial charge on any atom is -0.338 e. The number of hydrogen-bond acceptors (Lipinski definition) is 2. The van der Waals surface area contributed by atoms with Crippen LogP contribution in [0.2, 0.25) is 0 Å². The molecule has 1 heterocycles. The fourth-order valence-electron chi connectivity index (χ4n) is 1.89. The van der Waals surface area contributed by atoms with Crippen molar-refractivity contribution in [2.75, 3.05) is 0 Å². The maximum atomic E-state index is 12.4. The molecule has 0 aliphatic heterocycles. The monoisotopic (exact) mass is 288 g/mol.